The van der Waals surface area contributed by atoms with Gasteiger partial charge in [-0.25, -0.2) is 4.39 Å². The Morgan fingerprint density at radius 1 is 1.20 bits per heavy atom. The highest BCUT2D eigenvalue weighted by molar-refractivity contribution is 9.10. The van der Waals surface area contributed by atoms with Gasteiger partial charge in [0, 0.05) is 15.8 Å². The summed E-state index contributed by atoms with van der Waals surface area (Å²) in [5, 5.41) is 10.3. The van der Waals surface area contributed by atoms with Gasteiger partial charge in [-0.05, 0) is 47.2 Å². The molecule has 0 radical (unpaired) electrons. The third kappa shape index (κ3) is 4.08. The highest BCUT2D eigenvalue weighted by Crippen LogP contribution is 2.26. The molecule has 0 heterocycles. The topological polar surface area (TPSA) is 20.2 Å². The first-order valence-electron chi connectivity index (χ1n) is 6.45. The number of benzene rings is 2. The Morgan fingerprint density at radius 2 is 1.90 bits per heavy atom. The molecule has 1 nitrogen and oxygen atoms in total. The Morgan fingerprint density at radius 3 is 2.55 bits per heavy atom. The van der Waals surface area contributed by atoms with Gasteiger partial charge in [0.1, 0.15) is 5.82 Å². The molecule has 1 N–H and O–H groups in total. The normalized spacial score (nSPS) is 12.4. The zero-order valence-electron chi connectivity index (χ0n) is 11.1. The van der Waals surface area contributed by atoms with Gasteiger partial charge < -0.3 is 5.11 Å². The van der Waals surface area contributed by atoms with E-state index >= 15 is 0 Å². The molecule has 106 valence electrons. The number of hydrogen-bond acceptors (Lipinski definition) is 2. The second-order valence-electron chi connectivity index (χ2n) is 4.46. The van der Waals surface area contributed by atoms with E-state index < -0.39 is 6.10 Å². The van der Waals surface area contributed by atoms with Gasteiger partial charge in [-0.3, -0.25) is 0 Å². The maximum atomic E-state index is 13.2. The lowest BCUT2D eigenvalue weighted by atomic mass is 10.0. The first kappa shape index (κ1) is 15.5. The highest BCUT2D eigenvalue weighted by atomic mass is 79.9. The Balaban J connectivity index is 2.11. The van der Waals surface area contributed by atoms with Crippen LogP contribution in [0.15, 0.2) is 51.8 Å². The summed E-state index contributed by atoms with van der Waals surface area (Å²) in [6.07, 6.45) is -0.243. The summed E-state index contributed by atoms with van der Waals surface area (Å²) in [7, 11) is 0. The van der Waals surface area contributed by atoms with Crippen molar-refractivity contribution in [2.24, 2.45) is 0 Å². The van der Waals surface area contributed by atoms with E-state index in [-0.39, 0.29) is 5.82 Å². The molecule has 4 heteroatoms. The van der Waals surface area contributed by atoms with Crippen LogP contribution >= 0.6 is 27.7 Å². The molecule has 0 bridgehead atoms. The lowest BCUT2D eigenvalue weighted by molar-refractivity contribution is 0.178. The second-order valence-corrected chi connectivity index (χ2v) is 6.65. The number of hydrogen-bond donors (Lipinski definition) is 1. The molecule has 1 unspecified atom stereocenters. The SMILES string of the molecule is CCSc1ccc(C(O)Cc2cc(F)ccc2Br)cc1. The van der Waals surface area contributed by atoms with Gasteiger partial charge in [0.2, 0.25) is 0 Å². The summed E-state index contributed by atoms with van der Waals surface area (Å²) in [6, 6.07) is 12.4. The standard InChI is InChI=1S/C16H16BrFOS/c1-2-20-14-6-3-11(4-7-14)16(19)10-12-9-13(18)5-8-15(12)17/h3-9,16,19H,2,10H2,1H3. The largest absolute Gasteiger partial charge is 0.388 e. The van der Waals surface area contributed by atoms with E-state index in [1.807, 2.05) is 24.3 Å². The van der Waals surface area contributed by atoms with Crippen molar-refractivity contribution in [3.8, 4) is 0 Å². The van der Waals surface area contributed by atoms with Gasteiger partial charge >= 0.3 is 0 Å². The summed E-state index contributed by atoms with van der Waals surface area (Å²) in [6.45, 7) is 2.11. The van der Waals surface area contributed by atoms with E-state index in [4.69, 9.17) is 0 Å². The predicted molar refractivity (Wildman–Crippen MR) is 85.6 cm³/mol. The van der Waals surface area contributed by atoms with Crippen molar-refractivity contribution in [3.05, 3.63) is 63.9 Å². The quantitative estimate of drug-likeness (QED) is 0.764. The van der Waals surface area contributed by atoms with Crippen molar-refractivity contribution < 1.29 is 9.50 Å². The molecule has 0 aliphatic carbocycles. The summed E-state index contributed by atoms with van der Waals surface area (Å²) in [4.78, 5) is 1.19. The van der Waals surface area contributed by atoms with Crippen LogP contribution in [-0.4, -0.2) is 10.9 Å². The second kappa shape index (κ2) is 7.25. The van der Waals surface area contributed by atoms with Crippen LogP contribution in [0.3, 0.4) is 0 Å². The maximum absolute atomic E-state index is 13.2. The third-order valence-electron chi connectivity index (χ3n) is 3.00. The average molecular weight is 355 g/mol. The van der Waals surface area contributed by atoms with E-state index in [9.17, 15) is 9.50 Å². The number of aliphatic hydroxyl groups excluding tert-OH is 1. The Labute approximate surface area is 131 Å². The zero-order valence-corrected chi connectivity index (χ0v) is 13.5. The summed E-state index contributed by atoms with van der Waals surface area (Å²) in [5.74, 6) is 0.739. The molecule has 2 rings (SSSR count). The fourth-order valence-electron chi connectivity index (χ4n) is 1.98. The highest BCUT2D eigenvalue weighted by Gasteiger charge is 2.11. The van der Waals surface area contributed by atoms with E-state index in [0.717, 1.165) is 21.4 Å². The van der Waals surface area contributed by atoms with Crippen LogP contribution in [0.4, 0.5) is 4.39 Å². The summed E-state index contributed by atoms with van der Waals surface area (Å²) in [5.41, 5.74) is 1.62. The van der Waals surface area contributed by atoms with Crippen LogP contribution in [0.25, 0.3) is 0 Å². The van der Waals surface area contributed by atoms with Crippen LogP contribution < -0.4 is 0 Å². The fraction of sp³-hybridized carbons (Fsp3) is 0.250. The van der Waals surface area contributed by atoms with Crippen molar-refractivity contribution >= 4 is 27.7 Å². The molecule has 0 aliphatic heterocycles. The molecule has 0 aliphatic rings. The molecule has 2 aromatic rings. The van der Waals surface area contributed by atoms with Crippen molar-refractivity contribution in [2.75, 3.05) is 5.75 Å². The van der Waals surface area contributed by atoms with E-state index in [1.54, 1.807) is 17.8 Å². The lowest BCUT2D eigenvalue weighted by Gasteiger charge is -2.13. The van der Waals surface area contributed by atoms with Gasteiger partial charge in [0.15, 0.2) is 0 Å². The van der Waals surface area contributed by atoms with Gasteiger partial charge in [-0.15, -0.1) is 11.8 Å². The summed E-state index contributed by atoms with van der Waals surface area (Å²) < 4.78 is 14.0. The molecule has 0 saturated carbocycles. The van der Waals surface area contributed by atoms with Crippen LogP contribution in [-0.2, 0) is 6.42 Å². The molecule has 0 aromatic heterocycles. The zero-order chi connectivity index (χ0) is 14.5. The Hall–Kier alpha value is -0.840. The van der Waals surface area contributed by atoms with Crippen molar-refractivity contribution in [2.45, 2.75) is 24.3 Å². The monoisotopic (exact) mass is 354 g/mol. The van der Waals surface area contributed by atoms with Crippen molar-refractivity contribution in [3.63, 3.8) is 0 Å². The Kier molecular flexibility index (Phi) is 5.64. The minimum atomic E-state index is -0.631. The minimum absolute atomic E-state index is 0.287. The molecular formula is C16H16BrFOS. The molecule has 0 amide bonds. The third-order valence-corrected chi connectivity index (χ3v) is 4.66. The molecule has 20 heavy (non-hydrogen) atoms. The van der Waals surface area contributed by atoms with Crippen molar-refractivity contribution in [1.29, 1.82) is 0 Å². The fourth-order valence-corrected chi connectivity index (χ4v) is 3.05. The number of halogens is 2. The number of thioether (sulfide) groups is 1. The van der Waals surface area contributed by atoms with Crippen LogP contribution in [0, 0.1) is 5.82 Å². The lowest BCUT2D eigenvalue weighted by Crippen LogP contribution is -2.02. The smallest absolute Gasteiger partial charge is 0.123 e. The van der Waals surface area contributed by atoms with Gasteiger partial charge in [-0.1, -0.05) is 35.0 Å². The Bertz CT molecular complexity index is 571. The predicted octanol–water partition coefficient (Wildman–Crippen LogP) is 4.98. The van der Waals surface area contributed by atoms with Crippen LogP contribution in [0.5, 0.6) is 0 Å². The maximum Gasteiger partial charge on any atom is 0.123 e. The van der Waals surface area contributed by atoms with Gasteiger partial charge in [-0.2, -0.15) is 0 Å². The van der Waals surface area contributed by atoms with E-state index in [2.05, 4.69) is 22.9 Å². The molecule has 0 fully saturated rings. The van der Waals surface area contributed by atoms with Crippen LogP contribution in [0.2, 0.25) is 0 Å². The first-order chi connectivity index (χ1) is 9.60. The first-order valence-corrected chi connectivity index (χ1v) is 8.22. The molecular weight excluding hydrogens is 339 g/mol. The van der Waals surface area contributed by atoms with Crippen LogP contribution in [0.1, 0.15) is 24.2 Å². The van der Waals surface area contributed by atoms with Gasteiger partial charge in [0.05, 0.1) is 6.10 Å². The number of aliphatic hydroxyl groups is 1. The van der Waals surface area contributed by atoms with E-state index in [0.29, 0.717) is 6.42 Å². The molecule has 1 atom stereocenters. The molecule has 2 aromatic carbocycles. The average Bonchev–Trinajstić information content (AvgIpc) is 2.44. The number of rotatable bonds is 5. The van der Waals surface area contributed by atoms with E-state index in [1.165, 1.54) is 17.0 Å². The van der Waals surface area contributed by atoms with Gasteiger partial charge in [0.25, 0.3) is 0 Å². The minimum Gasteiger partial charge on any atom is -0.388 e. The summed E-state index contributed by atoms with van der Waals surface area (Å²) >= 11 is 5.15. The molecule has 0 saturated heterocycles. The van der Waals surface area contributed by atoms with Crippen molar-refractivity contribution in [1.82, 2.24) is 0 Å². The molecule has 0 spiro atoms.